The lowest BCUT2D eigenvalue weighted by Crippen LogP contribution is -2.46. The Balaban J connectivity index is 2.75. The third kappa shape index (κ3) is 1.39. The second kappa shape index (κ2) is 2.50. The molecule has 1 fully saturated rings. The van der Waals surface area contributed by atoms with Crippen LogP contribution in [0.5, 0.6) is 0 Å². The van der Waals surface area contributed by atoms with Gasteiger partial charge in [-0.2, -0.15) is 0 Å². The van der Waals surface area contributed by atoms with Crippen LogP contribution in [0.3, 0.4) is 0 Å². The average Bonchev–Trinajstić information content (AvgIpc) is 1.95. The van der Waals surface area contributed by atoms with E-state index in [0.29, 0.717) is 5.91 Å². The van der Waals surface area contributed by atoms with Crippen LogP contribution in [0, 0.1) is 11.3 Å². The molecule has 1 unspecified atom stereocenters. The van der Waals surface area contributed by atoms with Gasteiger partial charge in [-0.15, -0.1) is 0 Å². The van der Waals surface area contributed by atoms with E-state index in [9.17, 15) is 4.79 Å². The van der Waals surface area contributed by atoms with Crippen molar-refractivity contribution in [2.45, 2.75) is 27.2 Å². The summed E-state index contributed by atoms with van der Waals surface area (Å²) in [7, 11) is 1.88. The lowest BCUT2D eigenvalue weighted by atomic mass is 9.74. The van der Waals surface area contributed by atoms with E-state index in [-0.39, 0.29) is 11.3 Å². The molecule has 0 aliphatic carbocycles. The molecule has 0 saturated carbocycles. The van der Waals surface area contributed by atoms with Crippen molar-refractivity contribution in [1.82, 2.24) is 4.90 Å². The smallest absolute Gasteiger partial charge is 0.225 e. The molecular weight excluding hydrogens is 138 g/mol. The van der Waals surface area contributed by atoms with E-state index in [4.69, 9.17) is 0 Å². The third-order valence-electron chi connectivity index (χ3n) is 3.01. The SMILES string of the molecule is CC1C(=O)N(C)CCC1(C)C. The molecule has 2 heteroatoms. The normalized spacial score (nSPS) is 30.7. The second-order valence-corrected chi connectivity index (χ2v) is 4.22. The molecule has 0 aromatic heterocycles. The van der Waals surface area contributed by atoms with Gasteiger partial charge in [-0.25, -0.2) is 0 Å². The summed E-state index contributed by atoms with van der Waals surface area (Å²) >= 11 is 0. The molecule has 11 heavy (non-hydrogen) atoms. The first-order valence-electron chi connectivity index (χ1n) is 4.20. The number of amides is 1. The van der Waals surface area contributed by atoms with E-state index < -0.39 is 0 Å². The summed E-state index contributed by atoms with van der Waals surface area (Å²) in [5, 5.41) is 0. The van der Waals surface area contributed by atoms with Crippen LogP contribution in [0.1, 0.15) is 27.2 Å². The highest BCUT2D eigenvalue weighted by Gasteiger charge is 2.37. The molecule has 1 rings (SSSR count). The summed E-state index contributed by atoms with van der Waals surface area (Å²) in [6.45, 7) is 7.28. The molecule has 2 nitrogen and oxygen atoms in total. The Labute approximate surface area is 68.6 Å². The summed E-state index contributed by atoms with van der Waals surface area (Å²) in [6.07, 6.45) is 1.12. The van der Waals surface area contributed by atoms with E-state index >= 15 is 0 Å². The zero-order valence-corrected chi connectivity index (χ0v) is 7.85. The van der Waals surface area contributed by atoms with Gasteiger partial charge in [0, 0.05) is 19.5 Å². The number of nitrogens with zero attached hydrogens (tertiary/aromatic N) is 1. The van der Waals surface area contributed by atoms with Crippen molar-refractivity contribution in [3.8, 4) is 0 Å². The topological polar surface area (TPSA) is 20.3 Å². The molecule has 0 radical (unpaired) electrons. The van der Waals surface area contributed by atoms with Crippen molar-refractivity contribution in [3.63, 3.8) is 0 Å². The van der Waals surface area contributed by atoms with Gasteiger partial charge in [0.15, 0.2) is 0 Å². The summed E-state index contributed by atoms with van der Waals surface area (Å²) in [5.41, 5.74) is 0.198. The number of rotatable bonds is 0. The van der Waals surface area contributed by atoms with Crippen molar-refractivity contribution in [1.29, 1.82) is 0 Å². The highest BCUT2D eigenvalue weighted by molar-refractivity contribution is 5.79. The maximum absolute atomic E-state index is 11.5. The molecule has 0 aromatic rings. The number of hydrogen-bond donors (Lipinski definition) is 0. The van der Waals surface area contributed by atoms with E-state index in [1.807, 2.05) is 18.9 Å². The Kier molecular flexibility index (Phi) is 1.95. The summed E-state index contributed by atoms with van der Waals surface area (Å²) in [6, 6.07) is 0. The summed E-state index contributed by atoms with van der Waals surface area (Å²) in [4.78, 5) is 13.3. The van der Waals surface area contributed by atoms with Crippen LogP contribution in [-0.4, -0.2) is 24.4 Å². The highest BCUT2D eigenvalue weighted by atomic mass is 16.2. The van der Waals surface area contributed by atoms with Crippen LogP contribution in [0.2, 0.25) is 0 Å². The molecule has 1 saturated heterocycles. The first-order valence-corrected chi connectivity index (χ1v) is 4.20. The average molecular weight is 155 g/mol. The Morgan fingerprint density at radius 1 is 1.55 bits per heavy atom. The van der Waals surface area contributed by atoms with Crippen molar-refractivity contribution in [3.05, 3.63) is 0 Å². The van der Waals surface area contributed by atoms with Crippen LogP contribution in [0.25, 0.3) is 0 Å². The van der Waals surface area contributed by atoms with Gasteiger partial charge in [0.25, 0.3) is 0 Å². The molecule has 1 heterocycles. The number of likely N-dealkylation sites (tertiary alicyclic amines) is 1. The van der Waals surface area contributed by atoms with E-state index in [0.717, 1.165) is 13.0 Å². The minimum Gasteiger partial charge on any atom is -0.345 e. The molecular formula is C9H17NO. The van der Waals surface area contributed by atoms with Gasteiger partial charge in [0.1, 0.15) is 0 Å². The van der Waals surface area contributed by atoms with Gasteiger partial charge in [-0.1, -0.05) is 20.8 Å². The Morgan fingerprint density at radius 2 is 2.09 bits per heavy atom. The zero-order chi connectivity index (χ0) is 8.65. The predicted octanol–water partition coefficient (Wildman–Crippen LogP) is 1.51. The molecule has 1 atom stereocenters. The van der Waals surface area contributed by atoms with Crippen molar-refractivity contribution in [2.75, 3.05) is 13.6 Å². The Bertz CT molecular complexity index is 174. The first-order chi connectivity index (χ1) is 4.95. The van der Waals surface area contributed by atoms with Gasteiger partial charge in [0.2, 0.25) is 5.91 Å². The maximum Gasteiger partial charge on any atom is 0.225 e. The Hall–Kier alpha value is -0.530. The maximum atomic E-state index is 11.5. The van der Waals surface area contributed by atoms with Gasteiger partial charge in [-0.05, 0) is 11.8 Å². The fraction of sp³-hybridized carbons (Fsp3) is 0.889. The second-order valence-electron chi connectivity index (χ2n) is 4.22. The molecule has 0 bridgehead atoms. The molecule has 64 valence electrons. The van der Waals surface area contributed by atoms with Gasteiger partial charge >= 0.3 is 0 Å². The zero-order valence-electron chi connectivity index (χ0n) is 7.85. The number of hydrogen-bond acceptors (Lipinski definition) is 1. The van der Waals surface area contributed by atoms with Crippen LogP contribution < -0.4 is 0 Å². The monoisotopic (exact) mass is 155 g/mol. The van der Waals surface area contributed by atoms with Crippen molar-refractivity contribution in [2.24, 2.45) is 11.3 Å². The van der Waals surface area contributed by atoms with Crippen LogP contribution >= 0.6 is 0 Å². The van der Waals surface area contributed by atoms with E-state index in [1.54, 1.807) is 0 Å². The predicted molar refractivity (Wildman–Crippen MR) is 45.2 cm³/mol. The van der Waals surface area contributed by atoms with Crippen LogP contribution in [0.15, 0.2) is 0 Å². The molecule has 0 N–H and O–H groups in total. The number of carbonyl (C=O) groups excluding carboxylic acids is 1. The summed E-state index contributed by atoms with van der Waals surface area (Å²) < 4.78 is 0. The number of piperidine rings is 1. The van der Waals surface area contributed by atoms with Crippen LogP contribution in [-0.2, 0) is 4.79 Å². The molecule has 0 spiro atoms. The lowest BCUT2D eigenvalue weighted by molar-refractivity contribution is -0.142. The standard InChI is InChI=1S/C9H17NO/c1-7-8(11)10(4)6-5-9(7,2)3/h7H,5-6H2,1-4H3. The third-order valence-corrected chi connectivity index (χ3v) is 3.01. The Morgan fingerprint density at radius 3 is 2.55 bits per heavy atom. The van der Waals surface area contributed by atoms with Crippen LogP contribution in [0.4, 0.5) is 0 Å². The summed E-state index contributed by atoms with van der Waals surface area (Å²) in [5.74, 6) is 0.475. The number of carbonyl (C=O) groups is 1. The highest BCUT2D eigenvalue weighted by Crippen LogP contribution is 2.35. The van der Waals surface area contributed by atoms with Crippen molar-refractivity contribution < 1.29 is 4.79 Å². The lowest BCUT2D eigenvalue weighted by Gasteiger charge is -2.39. The molecule has 0 aromatic carbocycles. The minimum absolute atomic E-state index is 0.182. The van der Waals surface area contributed by atoms with Gasteiger partial charge in [-0.3, -0.25) is 4.79 Å². The molecule has 1 aliphatic heterocycles. The fourth-order valence-corrected chi connectivity index (χ4v) is 1.45. The van der Waals surface area contributed by atoms with Crippen molar-refractivity contribution >= 4 is 5.91 Å². The molecule has 1 aliphatic rings. The molecule has 1 amide bonds. The largest absolute Gasteiger partial charge is 0.345 e. The van der Waals surface area contributed by atoms with E-state index in [1.165, 1.54) is 0 Å². The first kappa shape index (κ1) is 8.57. The van der Waals surface area contributed by atoms with Gasteiger partial charge < -0.3 is 4.90 Å². The quantitative estimate of drug-likeness (QED) is 0.519. The van der Waals surface area contributed by atoms with Gasteiger partial charge in [0.05, 0.1) is 0 Å². The fourth-order valence-electron chi connectivity index (χ4n) is 1.45. The van der Waals surface area contributed by atoms with E-state index in [2.05, 4.69) is 13.8 Å². The minimum atomic E-state index is 0.182.